The maximum absolute atomic E-state index is 5.78. The number of halogens is 1. The molecule has 0 radical (unpaired) electrons. The van der Waals surface area contributed by atoms with Crippen molar-refractivity contribution in [2.45, 2.75) is 18.5 Å². The van der Waals surface area contributed by atoms with Crippen molar-refractivity contribution in [1.82, 2.24) is 20.2 Å². The Kier molecular flexibility index (Phi) is 4.14. The van der Waals surface area contributed by atoms with Gasteiger partial charge in [0.1, 0.15) is 0 Å². The Bertz CT molecular complexity index is 416. The molecule has 104 valence electrons. The highest BCUT2D eigenvalue weighted by molar-refractivity contribution is 9.10. The van der Waals surface area contributed by atoms with Gasteiger partial charge in [0, 0.05) is 67.6 Å². The van der Waals surface area contributed by atoms with E-state index in [4.69, 9.17) is 5.84 Å². The molecule has 1 aromatic rings. The third kappa shape index (κ3) is 2.98. The molecule has 3 fully saturated rings. The first-order valence-electron chi connectivity index (χ1n) is 6.79. The molecule has 4 rings (SSSR count). The molecule has 2 unspecified atom stereocenters. The second-order valence-corrected chi connectivity index (χ2v) is 6.26. The van der Waals surface area contributed by atoms with Gasteiger partial charge in [0.2, 0.25) is 0 Å². The van der Waals surface area contributed by atoms with Crippen molar-refractivity contribution < 1.29 is 0 Å². The van der Waals surface area contributed by atoms with Gasteiger partial charge >= 0.3 is 0 Å². The first-order valence-corrected chi connectivity index (χ1v) is 7.58. The van der Waals surface area contributed by atoms with Crippen LogP contribution in [-0.2, 0) is 6.42 Å². The number of hydrazine groups is 1. The fraction of sp³-hybridized carbons (Fsp3) is 0.615. The number of nitrogens with two attached hydrogens (primary N) is 1. The van der Waals surface area contributed by atoms with E-state index < -0.39 is 0 Å². The van der Waals surface area contributed by atoms with Gasteiger partial charge in [0.05, 0.1) is 0 Å². The van der Waals surface area contributed by atoms with Gasteiger partial charge in [0.15, 0.2) is 0 Å². The fourth-order valence-corrected chi connectivity index (χ4v) is 3.33. The average Bonchev–Trinajstić information content (AvgIpc) is 2.48. The molecular formula is C13H20BrN5. The zero-order valence-corrected chi connectivity index (χ0v) is 12.5. The quantitative estimate of drug-likeness (QED) is 0.612. The van der Waals surface area contributed by atoms with Crippen LogP contribution >= 0.6 is 15.9 Å². The number of nitrogens with one attached hydrogen (secondary N) is 1. The minimum Gasteiger partial charge on any atom is -0.299 e. The molecule has 19 heavy (non-hydrogen) atoms. The first-order chi connectivity index (χ1) is 9.26. The summed E-state index contributed by atoms with van der Waals surface area (Å²) in [5, 5.41) is 0. The number of pyridine rings is 1. The van der Waals surface area contributed by atoms with Crippen LogP contribution in [0.5, 0.6) is 0 Å². The standard InChI is InChI=1S/C13H20BrN5/c14-10-1-2-11(16-8-10)7-12(17-15)13-9-18-3-5-19(13)6-4-18/h1-2,8,12-13,17H,3-7,9,15H2. The number of aromatic nitrogens is 1. The number of rotatable bonds is 4. The van der Waals surface area contributed by atoms with Gasteiger partial charge < -0.3 is 0 Å². The minimum atomic E-state index is 0.261. The van der Waals surface area contributed by atoms with E-state index in [-0.39, 0.29) is 6.04 Å². The number of fused-ring (bicyclic) bond motifs is 3. The van der Waals surface area contributed by atoms with E-state index in [1.807, 2.05) is 12.3 Å². The SMILES string of the molecule is NNC(Cc1ccc(Br)cn1)C1CN2CCN1CC2. The normalized spacial score (nSPS) is 31.4. The Hall–Kier alpha value is -0.530. The maximum atomic E-state index is 5.78. The lowest BCUT2D eigenvalue weighted by Gasteiger charge is -2.50. The van der Waals surface area contributed by atoms with Gasteiger partial charge in [0.25, 0.3) is 0 Å². The second kappa shape index (κ2) is 5.85. The lowest BCUT2D eigenvalue weighted by atomic mass is 9.96. The summed E-state index contributed by atoms with van der Waals surface area (Å²) in [5.74, 6) is 5.78. The molecule has 3 aliphatic heterocycles. The molecule has 5 nitrogen and oxygen atoms in total. The van der Waals surface area contributed by atoms with Crippen molar-refractivity contribution in [2.24, 2.45) is 5.84 Å². The van der Waals surface area contributed by atoms with Crippen LogP contribution in [0.2, 0.25) is 0 Å². The number of nitrogens with zero attached hydrogens (tertiary/aromatic N) is 3. The predicted octanol–water partition coefficient (Wildman–Crippen LogP) is 0.218. The van der Waals surface area contributed by atoms with Crippen LogP contribution in [0.25, 0.3) is 0 Å². The molecule has 3 aliphatic rings. The molecule has 0 aliphatic carbocycles. The van der Waals surface area contributed by atoms with E-state index >= 15 is 0 Å². The largest absolute Gasteiger partial charge is 0.299 e. The van der Waals surface area contributed by atoms with Gasteiger partial charge in [-0.3, -0.25) is 26.1 Å². The summed E-state index contributed by atoms with van der Waals surface area (Å²) in [6, 6.07) is 4.85. The van der Waals surface area contributed by atoms with E-state index in [0.717, 1.165) is 36.2 Å². The van der Waals surface area contributed by atoms with Crippen LogP contribution in [0.4, 0.5) is 0 Å². The van der Waals surface area contributed by atoms with Gasteiger partial charge in [-0.1, -0.05) is 0 Å². The number of piperazine rings is 3. The van der Waals surface area contributed by atoms with E-state index in [1.165, 1.54) is 13.1 Å². The highest BCUT2D eigenvalue weighted by Crippen LogP contribution is 2.20. The summed E-state index contributed by atoms with van der Waals surface area (Å²) in [4.78, 5) is 9.54. The Morgan fingerprint density at radius 2 is 2.16 bits per heavy atom. The van der Waals surface area contributed by atoms with Crippen LogP contribution < -0.4 is 11.3 Å². The Labute approximate surface area is 122 Å². The van der Waals surface area contributed by atoms with Crippen molar-refractivity contribution >= 4 is 15.9 Å². The molecule has 2 atom stereocenters. The molecule has 0 saturated carbocycles. The van der Waals surface area contributed by atoms with E-state index in [2.05, 4.69) is 42.2 Å². The zero-order valence-electron chi connectivity index (χ0n) is 10.9. The summed E-state index contributed by atoms with van der Waals surface area (Å²) < 4.78 is 1.01. The first kappa shape index (κ1) is 13.5. The Morgan fingerprint density at radius 1 is 1.37 bits per heavy atom. The Morgan fingerprint density at radius 3 is 2.68 bits per heavy atom. The van der Waals surface area contributed by atoms with Crippen molar-refractivity contribution in [3.63, 3.8) is 0 Å². The molecule has 1 aromatic heterocycles. The van der Waals surface area contributed by atoms with Crippen LogP contribution in [0, 0.1) is 0 Å². The summed E-state index contributed by atoms with van der Waals surface area (Å²) in [7, 11) is 0. The van der Waals surface area contributed by atoms with Gasteiger partial charge in [-0.25, -0.2) is 0 Å². The number of hydrogen-bond acceptors (Lipinski definition) is 5. The maximum Gasteiger partial charge on any atom is 0.0434 e. The Balaban J connectivity index is 1.68. The van der Waals surface area contributed by atoms with Gasteiger partial charge in [-0.15, -0.1) is 0 Å². The van der Waals surface area contributed by atoms with Crippen LogP contribution in [0.3, 0.4) is 0 Å². The predicted molar refractivity (Wildman–Crippen MR) is 78.6 cm³/mol. The molecule has 4 heterocycles. The summed E-state index contributed by atoms with van der Waals surface area (Å²) in [5.41, 5.74) is 4.09. The number of hydrogen-bond donors (Lipinski definition) is 2. The molecule has 0 amide bonds. The summed E-state index contributed by atoms with van der Waals surface area (Å²) in [6.07, 6.45) is 2.72. The van der Waals surface area contributed by atoms with Crippen molar-refractivity contribution in [2.75, 3.05) is 32.7 Å². The van der Waals surface area contributed by atoms with Crippen LogP contribution in [0.15, 0.2) is 22.8 Å². The van der Waals surface area contributed by atoms with Crippen molar-refractivity contribution in [3.05, 3.63) is 28.5 Å². The van der Waals surface area contributed by atoms with Crippen LogP contribution in [-0.4, -0.2) is 59.6 Å². The lowest BCUT2D eigenvalue weighted by molar-refractivity contribution is -0.00328. The minimum absolute atomic E-state index is 0.261. The molecule has 3 N–H and O–H groups in total. The topological polar surface area (TPSA) is 57.4 Å². The van der Waals surface area contributed by atoms with Crippen molar-refractivity contribution in [3.8, 4) is 0 Å². The molecule has 0 aromatic carbocycles. The van der Waals surface area contributed by atoms with Crippen LogP contribution in [0.1, 0.15) is 5.69 Å². The zero-order chi connectivity index (χ0) is 13.2. The summed E-state index contributed by atoms with van der Waals surface area (Å²) in [6.45, 7) is 5.84. The highest BCUT2D eigenvalue weighted by Gasteiger charge is 2.36. The molecule has 6 heteroatoms. The van der Waals surface area contributed by atoms with Crippen molar-refractivity contribution in [1.29, 1.82) is 0 Å². The average molecular weight is 326 g/mol. The summed E-state index contributed by atoms with van der Waals surface area (Å²) >= 11 is 3.41. The smallest absolute Gasteiger partial charge is 0.0434 e. The molecular weight excluding hydrogens is 306 g/mol. The van der Waals surface area contributed by atoms with E-state index in [9.17, 15) is 0 Å². The van der Waals surface area contributed by atoms with Gasteiger partial charge in [-0.2, -0.15) is 0 Å². The van der Waals surface area contributed by atoms with E-state index in [1.54, 1.807) is 0 Å². The van der Waals surface area contributed by atoms with E-state index in [0.29, 0.717) is 6.04 Å². The fourth-order valence-electron chi connectivity index (χ4n) is 3.10. The third-order valence-corrected chi connectivity index (χ3v) is 4.69. The monoisotopic (exact) mass is 325 g/mol. The lowest BCUT2D eigenvalue weighted by Crippen LogP contribution is -2.67. The third-order valence-electron chi connectivity index (χ3n) is 4.22. The molecule has 0 spiro atoms. The second-order valence-electron chi connectivity index (χ2n) is 5.35. The molecule has 2 bridgehead atoms. The highest BCUT2D eigenvalue weighted by atomic mass is 79.9. The molecule has 3 saturated heterocycles. The van der Waals surface area contributed by atoms with Gasteiger partial charge in [-0.05, 0) is 28.1 Å².